The summed E-state index contributed by atoms with van der Waals surface area (Å²) in [5.41, 5.74) is 6.76. The van der Waals surface area contributed by atoms with E-state index in [2.05, 4.69) is 10.2 Å². The zero-order valence-electron chi connectivity index (χ0n) is 10.3. The molecule has 2 rings (SSSR count). The van der Waals surface area contributed by atoms with E-state index < -0.39 is 12.1 Å². The average molecular weight is 259 g/mol. The molecule has 0 aliphatic carbocycles. The molecule has 0 amide bonds. The minimum absolute atomic E-state index is 0.228. The highest BCUT2D eigenvalue weighted by Gasteiger charge is 2.18. The average Bonchev–Trinajstić information content (AvgIpc) is 2.85. The van der Waals surface area contributed by atoms with Crippen LogP contribution in [-0.2, 0) is 4.74 Å². The minimum atomic E-state index is -0.573. The molecule has 0 fully saturated rings. The molecule has 0 bridgehead atoms. The summed E-state index contributed by atoms with van der Waals surface area (Å²) in [5, 5.41) is 6.32. The first-order chi connectivity index (χ1) is 9.13. The summed E-state index contributed by atoms with van der Waals surface area (Å²) >= 11 is 0. The Morgan fingerprint density at radius 1 is 1.47 bits per heavy atom. The Morgan fingerprint density at radius 2 is 2.21 bits per heavy atom. The molecule has 19 heavy (non-hydrogen) atoms. The summed E-state index contributed by atoms with van der Waals surface area (Å²) in [6.45, 7) is 1.68. The first-order valence-electron chi connectivity index (χ1n) is 5.67. The highest BCUT2D eigenvalue weighted by molar-refractivity contribution is 5.98. The van der Waals surface area contributed by atoms with E-state index in [1.807, 2.05) is 0 Å². The van der Waals surface area contributed by atoms with E-state index in [1.54, 1.807) is 25.1 Å². The first-order valence-corrected chi connectivity index (χ1v) is 5.67. The van der Waals surface area contributed by atoms with E-state index in [0.29, 0.717) is 23.2 Å². The summed E-state index contributed by atoms with van der Waals surface area (Å²) in [5.74, 6) is -0.222. The Labute approximate surface area is 109 Å². The predicted molar refractivity (Wildman–Crippen MR) is 68.7 cm³/mol. The maximum atomic E-state index is 12.0. The SMILES string of the molecule is CC(OC(=O)c1ccccc1C=O)c1cn[nH]c1N. The number of esters is 1. The fourth-order valence-electron chi connectivity index (χ4n) is 1.70. The monoisotopic (exact) mass is 259 g/mol. The van der Waals surface area contributed by atoms with Gasteiger partial charge in [0.2, 0.25) is 0 Å². The number of hydrogen-bond acceptors (Lipinski definition) is 5. The minimum Gasteiger partial charge on any atom is -0.454 e. The molecule has 6 nitrogen and oxygen atoms in total. The van der Waals surface area contributed by atoms with E-state index in [9.17, 15) is 9.59 Å². The van der Waals surface area contributed by atoms with Crippen LogP contribution in [0, 0.1) is 0 Å². The Morgan fingerprint density at radius 3 is 2.84 bits per heavy atom. The lowest BCUT2D eigenvalue weighted by Gasteiger charge is -2.13. The number of aldehydes is 1. The molecular weight excluding hydrogens is 246 g/mol. The van der Waals surface area contributed by atoms with Crippen LogP contribution >= 0.6 is 0 Å². The van der Waals surface area contributed by atoms with Crippen molar-refractivity contribution in [3.63, 3.8) is 0 Å². The van der Waals surface area contributed by atoms with Gasteiger partial charge < -0.3 is 10.5 Å². The van der Waals surface area contributed by atoms with Crippen LogP contribution in [0.15, 0.2) is 30.5 Å². The predicted octanol–water partition coefficient (Wildman–Crippen LogP) is 1.72. The second-order valence-corrected chi connectivity index (χ2v) is 3.99. The van der Waals surface area contributed by atoms with Gasteiger partial charge in [-0.1, -0.05) is 18.2 Å². The molecule has 0 saturated heterocycles. The number of benzene rings is 1. The van der Waals surface area contributed by atoms with Gasteiger partial charge in [0, 0.05) is 5.56 Å². The van der Waals surface area contributed by atoms with Crippen LogP contribution in [0.3, 0.4) is 0 Å². The van der Waals surface area contributed by atoms with Gasteiger partial charge in [0.15, 0.2) is 6.29 Å². The highest BCUT2D eigenvalue weighted by atomic mass is 16.5. The lowest BCUT2D eigenvalue weighted by atomic mass is 10.1. The largest absolute Gasteiger partial charge is 0.454 e. The van der Waals surface area contributed by atoms with E-state index in [-0.39, 0.29) is 5.56 Å². The lowest BCUT2D eigenvalue weighted by molar-refractivity contribution is 0.0338. The summed E-state index contributed by atoms with van der Waals surface area (Å²) in [6.07, 6.45) is 1.57. The highest BCUT2D eigenvalue weighted by Crippen LogP contribution is 2.22. The van der Waals surface area contributed by atoms with Crippen molar-refractivity contribution in [2.75, 3.05) is 5.73 Å². The van der Waals surface area contributed by atoms with Gasteiger partial charge in [0.25, 0.3) is 0 Å². The van der Waals surface area contributed by atoms with Gasteiger partial charge in [-0.25, -0.2) is 4.79 Å². The molecular formula is C13H13N3O3. The molecule has 3 N–H and O–H groups in total. The maximum absolute atomic E-state index is 12.0. The molecule has 0 radical (unpaired) electrons. The van der Waals surface area contributed by atoms with E-state index >= 15 is 0 Å². The van der Waals surface area contributed by atoms with Gasteiger partial charge in [-0.3, -0.25) is 9.89 Å². The van der Waals surface area contributed by atoms with Crippen LogP contribution < -0.4 is 5.73 Å². The molecule has 1 heterocycles. The molecule has 1 aromatic heterocycles. The Kier molecular flexibility index (Phi) is 3.61. The fraction of sp³-hybridized carbons (Fsp3) is 0.154. The smallest absolute Gasteiger partial charge is 0.339 e. The maximum Gasteiger partial charge on any atom is 0.339 e. The third-order valence-electron chi connectivity index (χ3n) is 2.73. The van der Waals surface area contributed by atoms with Gasteiger partial charge >= 0.3 is 5.97 Å². The molecule has 98 valence electrons. The zero-order chi connectivity index (χ0) is 13.8. The normalized spacial score (nSPS) is 11.8. The number of carbonyl (C=O) groups is 2. The number of aromatic nitrogens is 2. The van der Waals surface area contributed by atoms with Gasteiger partial charge in [0.05, 0.1) is 17.3 Å². The molecule has 1 atom stereocenters. The number of carbonyl (C=O) groups excluding carboxylic acids is 2. The molecule has 0 aliphatic rings. The van der Waals surface area contributed by atoms with Crippen molar-refractivity contribution < 1.29 is 14.3 Å². The number of H-pyrrole nitrogens is 1. The number of nitrogens with one attached hydrogen (secondary N) is 1. The van der Waals surface area contributed by atoms with Gasteiger partial charge in [0.1, 0.15) is 11.9 Å². The summed E-state index contributed by atoms with van der Waals surface area (Å²) in [6, 6.07) is 6.44. The Hall–Kier alpha value is -2.63. The first kappa shape index (κ1) is 12.8. The van der Waals surface area contributed by atoms with Crippen LogP contribution in [0.25, 0.3) is 0 Å². The zero-order valence-corrected chi connectivity index (χ0v) is 10.3. The quantitative estimate of drug-likeness (QED) is 0.643. The summed E-state index contributed by atoms with van der Waals surface area (Å²) < 4.78 is 5.27. The molecule has 2 aromatic rings. The third-order valence-corrected chi connectivity index (χ3v) is 2.73. The molecule has 0 saturated carbocycles. The summed E-state index contributed by atoms with van der Waals surface area (Å²) in [4.78, 5) is 22.8. The summed E-state index contributed by atoms with van der Waals surface area (Å²) in [7, 11) is 0. The van der Waals surface area contributed by atoms with Crippen molar-refractivity contribution in [3.05, 3.63) is 47.2 Å². The molecule has 1 aromatic carbocycles. The number of rotatable bonds is 4. The van der Waals surface area contributed by atoms with E-state index in [0.717, 1.165) is 0 Å². The van der Waals surface area contributed by atoms with Crippen molar-refractivity contribution in [1.82, 2.24) is 10.2 Å². The second-order valence-electron chi connectivity index (χ2n) is 3.99. The number of nitrogens with two attached hydrogens (primary N) is 1. The van der Waals surface area contributed by atoms with Gasteiger partial charge in [-0.05, 0) is 13.0 Å². The van der Waals surface area contributed by atoms with Gasteiger partial charge in [-0.15, -0.1) is 0 Å². The van der Waals surface area contributed by atoms with Crippen LogP contribution in [0.4, 0.5) is 5.82 Å². The van der Waals surface area contributed by atoms with Crippen LogP contribution in [0.2, 0.25) is 0 Å². The van der Waals surface area contributed by atoms with Crippen molar-refractivity contribution in [3.8, 4) is 0 Å². The topological polar surface area (TPSA) is 98.1 Å². The van der Waals surface area contributed by atoms with Crippen molar-refractivity contribution in [2.24, 2.45) is 0 Å². The van der Waals surface area contributed by atoms with Crippen LogP contribution in [-0.4, -0.2) is 22.5 Å². The Bertz CT molecular complexity index is 607. The number of nitrogens with zero attached hydrogens (tertiary/aromatic N) is 1. The fourth-order valence-corrected chi connectivity index (χ4v) is 1.70. The molecule has 6 heteroatoms. The third kappa shape index (κ3) is 2.62. The van der Waals surface area contributed by atoms with Crippen LogP contribution in [0.1, 0.15) is 39.3 Å². The lowest BCUT2D eigenvalue weighted by Crippen LogP contribution is -2.12. The number of anilines is 1. The van der Waals surface area contributed by atoms with Crippen molar-refractivity contribution in [2.45, 2.75) is 13.0 Å². The Balaban J connectivity index is 2.17. The second kappa shape index (κ2) is 5.34. The van der Waals surface area contributed by atoms with Crippen molar-refractivity contribution >= 4 is 18.1 Å². The van der Waals surface area contributed by atoms with Crippen LogP contribution in [0.5, 0.6) is 0 Å². The molecule has 0 spiro atoms. The number of hydrogen-bond donors (Lipinski definition) is 2. The molecule has 0 aliphatic heterocycles. The standard InChI is InChI=1S/C13H13N3O3/c1-8(11-6-15-16-12(11)14)19-13(18)10-5-3-2-4-9(10)7-17/h2-8H,1H3,(H3,14,15,16). The number of nitrogen functional groups attached to an aromatic ring is 1. The number of aromatic amines is 1. The molecule has 1 unspecified atom stereocenters. The van der Waals surface area contributed by atoms with E-state index in [4.69, 9.17) is 10.5 Å². The van der Waals surface area contributed by atoms with E-state index in [1.165, 1.54) is 12.3 Å². The van der Waals surface area contributed by atoms with Gasteiger partial charge in [-0.2, -0.15) is 5.10 Å². The number of ether oxygens (including phenoxy) is 1. The van der Waals surface area contributed by atoms with Crippen molar-refractivity contribution in [1.29, 1.82) is 0 Å².